The minimum absolute atomic E-state index is 0.151. The Bertz CT molecular complexity index is 605. The first kappa shape index (κ1) is 19.2. The van der Waals surface area contributed by atoms with Gasteiger partial charge in [0.2, 0.25) is 0 Å². The fraction of sp³-hybridized carbons (Fsp3) is 0.667. The van der Waals surface area contributed by atoms with Crippen LogP contribution in [-0.4, -0.2) is 45.9 Å². The highest BCUT2D eigenvalue weighted by molar-refractivity contribution is 5.69. The lowest BCUT2D eigenvalue weighted by Gasteiger charge is -2.53. The maximum absolute atomic E-state index is 12.9. The van der Waals surface area contributed by atoms with Crippen LogP contribution in [0.2, 0.25) is 0 Å². The van der Waals surface area contributed by atoms with Gasteiger partial charge < -0.3 is 15.6 Å². The van der Waals surface area contributed by atoms with Crippen LogP contribution in [0.5, 0.6) is 0 Å². The van der Waals surface area contributed by atoms with Gasteiger partial charge in [-0.1, -0.05) is 30.3 Å². The van der Waals surface area contributed by atoms with E-state index in [9.17, 15) is 9.90 Å². The van der Waals surface area contributed by atoms with Gasteiger partial charge in [-0.15, -0.1) is 0 Å². The van der Waals surface area contributed by atoms with Crippen LogP contribution in [0.25, 0.3) is 0 Å². The Hall–Kier alpha value is -1.59. The molecule has 3 aliphatic rings. The zero-order valence-electron chi connectivity index (χ0n) is 16.1. The van der Waals surface area contributed by atoms with Gasteiger partial charge in [0.05, 0.1) is 12.1 Å². The topological polar surface area (TPSA) is 75.8 Å². The molecule has 2 saturated heterocycles. The van der Waals surface area contributed by atoms with E-state index >= 15 is 0 Å². The van der Waals surface area contributed by atoms with Crippen LogP contribution in [0.4, 0.5) is 4.79 Å². The van der Waals surface area contributed by atoms with Crippen molar-refractivity contribution in [2.45, 2.75) is 82.7 Å². The average Bonchev–Trinajstić information content (AvgIpc) is 2.60. The smallest absolute Gasteiger partial charge is 0.410 e. The molecule has 1 saturated carbocycles. The summed E-state index contributed by atoms with van der Waals surface area (Å²) >= 11 is 0. The zero-order valence-corrected chi connectivity index (χ0v) is 16.1. The lowest BCUT2D eigenvalue weighted by Crippen LogP contribution is -2.65. The van der Waals surface area contributed by atoms with Gasteiger partial charge in [-0.05, 0) is 64.4 Å². The Morgan fingerprint density at radius 1 is 1.23 bits per heavy atom. The Labute approximate surface area is 156 Å². The maximum Gasteiger partial charge on any atom is 0.410 e. The number of amides is 1. The van der Waals surface area contributed by atoms with E-state index in [0.717, 1.165) is 31.2 Å². The molecule has 0 aromatic heterocycles. The van der Waals surface area contributed by atoms with Gasteiger partial charge in [0, 0.05) is 12.1 Å². The summed E-state index contributed by atoms with van der Waals surface area (Å²) in [4.78, 5) is 14.7. The highest BCUT2D eigenvalue weighted by Gasteiger charge is 2.49. The summed E-state index contributed by atoms with van der Waals surface area (Å²) in [7, 11) is 0. The third-order valence-corrected chi connectivity index (χ3v) is 5.65. The Morgan fingerprint density at radius 2 is 1.85 bits per heavy atom. The predicted molar refractivity (Wildman–Crippen MR) is 102 cm³/mol. The number of aliphatic hydroxyl groups is 1. The normalized spacial score (nSPS) is 27.9. The molecule has 2 heterocycles. The van der Waals surface area contributed by atoms with Crippen molar-refractivity contribution in [3.63, 3.8) is 0 Å². The number of aliphatic hydroxyl groups excluding tert-OH is 1. The average molecular weight is 360 g/mol. The molecule has 26 heavy (non-hydrogen) atoms. The lowest BCUT2D eigenvalue weighted by atomic mass is 9.71. The van der Waals surface area contributed by atoms with E-state index in [-0.39, 0.29) is 18.2 Å². The summed E-state index contributed by atoms with van der Waals surface area (Å²) < 4.78 is 5.64. The first-order valence-electron chi connectivity index (χ1n) is 9.75. The second-order valence-electron chi connectivity index (χ2n) is 8.79. The summed E-state index contributed by atoms with van der Waals surface area (Å²) in [5.41, 5.74) is 6.93. The van der Waals surface area contributed by atoms with Crippen LogP contribution in [0.3, 0.4) is 0 Å². The second kappa shape index (κ2) is 7.57. The van der Waals surface area contributed by atoms with Crippen LogP contribution in [0.1, 0.15) is 52.0 Å². The molecule has 3 atom stereocenters. The molecule has 5 heteroatoms. The van der Waals surface area contributed by atoms with Gasteiger partial charge >= 0.3 is 6.09 Å². The number of benzene rings is 1. The zero-order chi connectivity index (χ0) is 18.9. The Balaban J connectivity index is 1.76. The number of hydrogen-bond acceptors (Lipinski definition) is 4. The monoisotopic (exact) mass is 360 g/mol. The van der Waals surface area contributed by atoms with E-state index in [4.69, 9.17) is 10.5 Å². The standard InChI is InChI=1S/C21H32N2O3/c1-21(2,3)26-20(25)23-16-11-9-15(10-12-16)18(23)19(24)17(22)13-14-7-5-4-6-8-14/h4-8,15-19,24H,9-13,22H2,1-3H3/t15?,16?,17-,18+,19-/m0/s1. The highest BCUT2D eigenvalue weighted by Crippen LogP contribution is 2.42. The van der Waals surface area contributed by atoms with Crippen LogP contribution in [0, 0.1) is 5.92 Å². The molecule has 3 N–H and O–H groups in total. The number of carbonyl (C=O) groups excluding carboxylic acids is 1. The predicted octanol–water partition coefficient (Wildman–Crippen LogP) is 3.10. The highest BCUT2D eigenvalue weighted by atomic mass is 16.6. The van der Waals surface area contributed by atoms with E-state index in [1.807, 2.05) is 51.1 Å². The van der Waals surface area contributed by atoms with E-state index < -0.39 is 17.7 Å². The van der Waals surface area contributed by atoms with E-state index in [1.54, 1.807) is 4.90 Å². The number of piperidine rings is 2. The largest absolute Gasteiger partial charge is 0.444 e. The van der Waals surface area contributed by atoms with Crippen molar-refractivity contribution in [2.24, 2.45) is 11.7 Å². The van der Waals surface area contributed by atoms with Crippen molar-refractivity contribution in [1.82, 2.24) is 4.90 Å². The van der Waals surface area contributed by atoms with Gasteiger partial charge in [0.25, 0.3) is 0 Å². The van der Waals surface area contributed by atoms with Crippen LogP contribution in [0.15, 0.2) is 30.3 Å². The van der Waals surface area contributed by atoms with Gasteiger partial charge in [0.15, 0.2) is 0 Å². The van der Waals surface area contributed by atoms with Crippen molar-refractivity contribution in [2.75, 3.05) is 0 Å². The van der Waals surface area contributed by atoms with Crippen LogP contribution >= 0.6 is 0 Å². The molecule has 1 aliphatic carbocycles. The number of rotatable bonds is 4. The van der Waals surface area contributed by atoms with Crippen LogP contribution < -0.4 is 5.73 Å². The molecule has 5 nitrogen and oxygen atoms in total. The van der Waals surface area contributed by atoms with Crippen molar-refractivity contribution in [3.05, 3.63) is 35.9 Å². The summed E-state index contributed by atoms with van der Waals surface area (Å²) in [6.45, 7) is 5.62. The summed E-state index contributed by atoms with van der Waals surface area (Å²) in [6, 6.07) is 9.45. The molecule has 2 bridgehead atoms. The minimum atomic E-state index is -0.754. The van der Waals surface area contributed by atoms with Crippen molar-refractivity contribution in [1.29, 1.82) is 0 Å². The van der Waals surface area contributed by atoms with E-state index in [1.165, 1.54) is 0 Å². The first-order chi connectivity index (χ1) is 12.3. The first-order valence-corrected chi connectivity index (χ1v) is 9.75. The molecule has 0 radical (unpaired) electrons. The molecule has 4 rings (SSSR count). The quantitative estimate of drug-likeness (QED) is 0.865. The van der Waals surface area contributed by atoms with E-state index in [0.29, 0.717) is 12.3 Å². The number of ether oxygens (including phenoxy) is 1. The second-order valence-corrected chi connectivity index (χ2v) is 8.79. The van der Waals surface area contributed by atoms with Gasteiger partial charge in [0.1, 0.15) is 5.60 Å². The van der Waals surface area contributed by atoms with Crippen LogP contribution in [-0.2, 0) is 11.2 Å². The van der Waals surface area contributed by atoms with Gasteiger partial charge in [-0.25, -0.2) is 4.79 Å². The van der Waals surface area contributed by atoms with Gasteiger partial charge in [-0.3, -0.25) is 4.90 Å². The van der Waals surface area contributed by atoms with Crippen molar-refractivity contribution in [3.8, 4) is 0 Å². The third kappa shape index (κ3) is 4.21. The molecule has 1 aromatic carbocycles. The number of nitrogens with two attached hydrogens (primary N) is 1. The number of carbonyl (C=O) groups is 1. The summed E-state index contributed by atoms with van der Waals surface area (Å²) in [5, 5.41) is 11.1. The molecular formula is C21H32N2O3. The SMILES string of the molecule is CC(C)(C)OC(=O)N1C2CCC(CC2)[C@@H]1[C@@H](O)[C@@H](N)Cc1ccccc1. The Kier molecular flexibility index (Phi) is 5.58. The van der Waals surface area contributed by atoms with Gasteiger partial charge in [-0.2, -0.15) is 0 Å². The van der Waals surface area contributed by atoms with E-state index in [2.05, 4.69) is 0 Å². The molecule has 0 unspecified atom stereocenters. The molecule has 0 spiro atoms. The van der Waals surface area contributed by atoms with Crippen molar-refractivity contribution < 1.29 is 14.6 Å². The molecule has 1 aromatic rings. The lowest BCUT2D eigenvalue weighted by molar-refractivity contribution is -0.0835. The maximum atomic E-state index is 12.9. The Morgan fingerprint density at radius 3 is 2.42 bits per heavy atom. The fourth-order valence-electron chi connectivity index (χ4n) is 4.48. The molecule has 144 valence electrons. The van der Waals surface area contributed by atoms with Crippen molar-refractivity contribution >= 4 is 6.09 Å². The molecule has 3 fully saturated rings. The third-order valence-electron chi connectivity index (χ3n) is 5.65. The summed E-state index contributed by atoms with van der Waals surface area (Å²) in [6.07, 6.45) is 3.59. The molecule has 2 aliphatic heterocycles. The molecular weight excluding hydrogens is 328 g/mol. The summed E-state index contributed by atoms with van der Waals surface area (Å²) in [5.74, 6) is 0.296. The minimum Gasteiger partial charge on any atom is -0.444 e. The number of fused-ring (bicyclic) bond motifs is 3. The number of nitrogens with zero attached hydrogens (tertiary/aromatic N) is 1. The number of hydrogen-bond donors (Lipinski definition) is 2. The molecule has 1 amide bonds. The fourth-order valence-corrected chi connectivity index (χ4v) is 4.48.